The Morgan fingerprint density at radius 3 is 2.59 bits per heavy atom. The molecule has 4 N–H and O–H groups in total. The van der Waals surface area contributed by atoms with Crippen LogP contribution in [0.15, 0.2) is 0 Å². The second kappa shape index (κ2) is 9.96. The summed E-state index contributed by atoms with van der Waals surface area (Å²) in [6.07, 6.45) is 4.03. The summed E-state index contributed by atoms with van der Waals surface area (Å²) in [5, 5.41) is 17.2. The van der Waals surface area contributed by atoms with E-state index in [1.54, 1.807) is 11.8 Å². The second-order valence-electron chi connectivity index (χ2n) is 5.07. The van der Waals surface area contributed by atoms with Crippen LogP contribution in [0.25, 0.3) is 0 Å². The lowest BCUT2D eigenvalue weighted by molar-refractivity contribution is -0.141. The first-order chi connectivity index (χ1) is 10.5. The molecule has 1 aliphatic rings. The first kappa shape index (κ1) is 19.1. The lowest BCUT2D eigenvalue weighted by atomic mass is 10.1. The van der Waals surface area contributed by atoms with Gasteiger partial charge in [-0.25, -0.2) is 4.79 Å². The summed E-state index contributed by atoms with van der Waals surface area (Å²) < 4.78 is 0. The van der Waals surface area contributed by atoms with Crippen molar-refractivity contribution in [3.05, 3.63) is 0 Å². The number of carbonyl (C=O) groups excluding carboxylic acids is 2. The van der Waals surface area contributed by atoms with Gasteiger partial charge in [-0.05, 0) is 37.8 Å². The molecule has 0 aliphatic carbocycles. The lowest BCUT2D eigenvalue weighted by Gasteiger charge is -2.22. The number of hydrogen-bond donors (Lipinski definition) is 5. The number of amides is 2. The molecule has 0 aromatic carbocycles. The Morgan fingerprint density at radius 2 is 2.09 bits per heavy atom. The average molecular weight is 349 g/mol. The van der Waals surface area contributed by atoms with Gasteiger partial charge >= 0.3 is 5.97 Å². The fraction of sp³-hybridized carbons (Fsp3) is 0.769. The number of thioether (sulfide) groups is 1. The van der Waals surface area contributed by atoms with Crippen LogP contribution >= 0.6 is 24.4 Å². The predicted octanol–water partition coefficient (Wildman–Crippen LogP) is -0.524. The summed E-state index contributed by atoms with van der Waals surface area (Å²) in [7, 11) is 0. The van der Waals surface area contributed by atoms with Crippen LogP contribution in [0.3, 0.4) is 0 Å². The number of hydrogen-bond acceptors (Lipinski definition) is 6. The van der Waals surface area contributed by atoms with Gasteiger partial charge in [0.25, 0.3) is 0 Å². The molecule has 7 nitrogen and oxygen atoms in total. The molecular weight excluding hydrogens is 326 g/mol. The van der Waals surface area contributed by atoms with Crippen LogP contribution in [0.4, 0.5) is 0 Å². The van der Waals surface area contributed by atoms with Crippen LogP contribution < -0.4 is 16.0 Å². The van der Waals surface area contributed by atoms with Crippen molar-refractivity contribution in [2.24, 2.45) is 0 Å². The smallest absolute Gasteiger partial charge is 0.327 e. The van der Waals surface area contributed by atoms with Crippen molar-refractivity contribution in [3.8, 4) is 0 Å². The number of nitrogens with one attached hydrogen (secondary N) is 3. The first-order valence-corrected chi connectivity index (χ1v) is 9.19. The zero-order valence-corrected chi connectivity index (χ0v) is 14.2. The van der Waals surface area contributed by atoms with Crippen molar-refractivity contribution in [2.45, 2.75) is 37.4 Å². The van der Waals surface area contributed by atoms with Gasteiger partial charge in [0.2, 0.25) is 11.8 Å². The monoisotopic (exact) mass is 349 g/mol. The highest BCUT2D eigenvalue weighted by molar-refractivity contribution is 7.98. The van der Waals surface area contributed by atoms with E-state index in [4.69, 9.17) is 5.11 Å². The highest BCUT2D eigenvalue weighted by atomic mass is 32.2. The van der Waals surface area contributed by atoms with Crippen LogP contribution in [-0.2, 0) is 14.4 Å². The molecule has 1 rings (SSSR count). The van der Waals surface area contributed by atoms with Crippen molar-refractivity contribution >= 4 is 42.2 Å². The van der Waals surface area contributed by atoms with Crippen molar-refractivity contribution in [1.82, 2.24) is 16.0 Å². The molecule has 22 heavy (non-hydrogen) atoms. The van der Waals surface area contributed by atoms with E-state index in [9.17, 15) is 14.4 Å². The second-order valence-corrected chi connectivity index (χ2v) is 6.42. The van der Waals surface area contributed by atoms with Crippen molar-refractivity contribution in [3.63, 3.8) is 0 Å². The van der Waals surface area contributed by atoms with Gasteiger partial charge in [0, 0.05) is 5.75 Å². The third kappa shape index (κ3) is 6.05. The molecule has 9 heteroatoms. The maximum atomic E-state index is 12.2. The maximum Gasteiger partial charge on any atom is 0.327 e. The van der Waals surface area contributed by atoms with E-state index >= 15 is 0 Å². The van der Waals surface area contributed by atoms with Gasteiger partial charge in [0.05, 0.1) is 6.04 Å². The molecule has 1 saturated heterocycles. The summed E-state index contributed by atoms with van der Waals surface area (Å²) in [5.74, 6) is -1.15. The third-order valence-electron chi connectivity index (χ3n) is 3.42. The number of aliphatic carboxylic acids is 1. The SMILES string of the molecule is CSCC[C@H](NC(=O)[C@@H]1CCCN1)C(=O)N[C@@H](CS)C(=O)O. The van der Waals surface area contributed by atoms with E-state index < -0.39 is 24.0 Å². The minimum Gasteiger partial charge on any atom is -0.480 e. The van der Waals surface area contributed by atoms with Crippen molar-refractivity contribution in [2.75, 3.05) is 24.3 Å². The highest BCUT2D eigenvalue weighted by Crippen LogP contribution is 2.07. The van der Waals surface area contributed by atoms with Gasteiger partial charge < -0.3 is 21.1 Å². The Hall–Kier alpha value is -0.930. The molecule has 1 fully saturated rings. The van der Waals surface area contributed by atoms with Crippen molar-refractivity contribution in [1.29, 1.82) is 0 Å². The summed E-state index contributed by atoms with van der Waals surface area (Å²) >= 11 is 5.47. The van der Waals surface area contributed by atoms with Gasteiger partial charge in [-0.3, -0.25) is 9.59 Å². The predicted molar refractivity (Wildman–Crippen MR) is 89.4 cm³/mol. The molecule has 1 heterocycles. The Labute approximate surface area is 139 Å². The van der Waals surface area contributed by atoms with E-state index in [2.05, 4.69) is 28.6 Å². The van der Waals surface area contributed by atoms with Crippen molar-refractivity contribution < 1.29 is 19.5 Å². The lowest BCUT2D eigenvalue weighted by Crippen LogP contribution is -2.54. The van der Waals surface area contributed by atoms with Gasteiger partial charge in [0.15, 0.2) is 0 Å². The van der Waals surface area contributed by atoms with Crippen LogP contribution in [-0.4, -0.2) is 65.3 Å². The minimum absolute atomic E-state index is 0.00551. The van der Waals surface area contributed by atoms with Gasteiger partial charge in [-0.2, -0.15) is 24.4 Å². The van der Waals surface area contributed by atoms with E-state index in [0.717, 1.165) is 19.4 Å². The molecule has 0 saturated carbocycles. The van der Waals surface area contributed by atoms with Gasteiger partial charge in [-0.15, -0.1) is 0 Å². The highest BCUT2D eigenvalue weighted by Gasteiger charge is 2.29. The largest absolute Gasteiger partial charge is 0.480 e. The maximum absolute atomic E-state index is 12.2. The van der Waals surface area contributed by atoms with E-state index in [1.165, 1.54) is 0 Å². The van der Waals surface area contributed by atoms with Crippen LogP contribution in [0.1, 0.15) is 19.3 Å². The third-order valence-corrected chi connectivity index (χ3v) is 4.43. The number of thiol groups is 1. The quantitative estimate of drug-likeness (QED) is 0.359. The normalized spacial score (nSPS) is 20.2. The summed E-state index contributed by atoms with van der Waals surface area (Å²) in [5.41, 5.74) is 0. The molecule has 2 amide bonds. The number of carboxylic acids is 1. The Morgan fingerprint density at radius 1 is 1.36 bits per heavy atom. The number of carbonyl (C=O) groups is 3. The van der Waals surface area contributed by atoms with E-state index in [0.29, 0.717) is 12.2 Å². The summed E-state index contributed by atoms with van der Waals surface area (Å²) in [4.78, 5) is 35.3. The molecule has 3 atom stereocenters. The van der Waals surface area contributed by atoms with E-state index in [-0.39, 0.29) is 17.7 Å². The Kier molecular flexibility index (Phi) is 8.66. The Bertz CT molecular complexity index is 403. The molecule has 1 aliphatic heterocycles. The zero-order chi connectivity index (χ0) is 16.5. The molecule has 0 bridgehead atoms. The fourth-order valence-electron chi connectivity index (χ4n) is 2.14. The van der Waals surface area contributed by atoms with Crippen LogP contribution in [0, 0.1) is 0 Å². The standard InChI is InChI=1S/C13H23N3O4S2/c1-22-6-4-9(12(18)16-10(7-21)13(19)20)15-11(17)8-3-2-5-14-8/h8-10,14,21H,2-7H2,1H3,(H,15,17)(H,16,18)(H,19,20)/t8-,9-,10-/m0/s1. The number of carboxylic acid groups (broad SMARTS) is 1. The first-order valence-electron chi connectivity index (χ1n) is 7.16. The molecule has 0 unspecified atom stereocenters. The molecule has 126 valence electrons. The zero-order valence-electron chi connectivity index (χ0n) is 12.5. The minimum atomic E-state index is -1.14. The fourth-order valence-corrected chi connectivity index (χ4v) is 2.86. The average Bonchev–Trinajstić information content (AvgIpc) is 3.02. The van der Waals surface area contributed by atoms with E-state index in [1.807, 2.05) is 6.26 Å². The Balaban J connectivity index is 2.63. The molecular formula is C13H23N3O4S2. The molecule has 0 aromatic rings. The van der Waals surface area contributed by atoms with Crippen LogP contribution in [0.5, 0.6) is 0 Å². The topological polar surface area (TPSA) is 108 Å². The van der Waals surface area contributed by atoms with Crippen LogP contribution in [0.2, 0.25) is 0 Å². The van der Waals surface area contributed by atoms with Gasteiger partial charge in [0.1, 0.15) is 12.1 Å². The molecule has 0 radical (unpaired) electrons. The molecule has 0 spiro atoms. The number of rotatable bonds is 9. The summed E-state index contributed by atoms with van der Waals surface area (Å²) in [6, 6.07) is -2.07. The van der Waals surface area contributed by atoms with Gasteiger partial charge in [-0.1, -0.05) is 0 Å². The molecule has 0 aromatic heterocycles. The summed E-state index contributed by atoms with van der Waals surface area (Å²) in [6.45, 7) is 0.792.